The summed E-state index contributed by atoms with van der Waals surface area (Å²) in [5.74, 6) is 1.41. The Morgan fingerprint density at radius 3 is 2.85 bits per heavy atom. The quantitative estimate of drug-likeness (QED) is 0.790. The molecule has 0 spiro atoms. The molecule has 0 saturated heterocycles. The number of aryl methyl sites for hydroxylation is 1. The Kier molecular flexibility index (Phi) is 3.29. The lowest BCUT2D eigenvalue weighted by Gasteiger charge is -2.09. The van der Waals surface area contributed by atoms with E-state index in [-0.39, 0.29) is 0 Å². The minimum absolute atomic E-state index is 0.527. The van der Waals surface area contributed by atoms with Gasteiger partial charge in [0.1, 0.15) is 12.4 Å². The van der Waals surface area contributed by atoms with Gasteiger partial charge in [0, 0.05) is 0 Å². The molecule has 0 unspecified atom stereocenters. The number of benzene rings is 2. The number of fused-ring (bicyclic) bond motifs is 1. The summed E-state index contributed by atoms with van der Waals surface area (Å²) in [4.78, 5) is 4.34. The van der Waals surface area contributed by atoms with Crippen LogP contribution < -0.4 is 10.5 Å². The van der Waals surface area contributed by atoms with Crippen molar-refractivity contribution < 1.29 is 4.74 Å². The number of aromatic nitrogens is 2. The second-order valence-electron chi connectivity index (χ2n) is 4.78. The molecule has 4 nitrogen and oxygen atoms in total. The summed E-state index contributed by atoms with van der Waals surface area (Å²) in [5, 5.41) is 0. The first-order chi connectivity index (χ1) is 9.74. The first kappa shape index (κ1) is 12.5. The normalized spacial score (nSPS) is 10.8. The molecule has 0 radical (unpaired) electrons. The van der Waals surface area contributed by atoms with Crippen LogP contribution in [-0.2, 0) is 6.54 Å². The van der Waals surface area contributed by atoms with E-state index >= 15 is 0 Å². The van der Waals surface area contributed by atoms with Gasteiger partial charge in [-0.1, -0.05) is 24.3 Å². The fourth-order valence-electron chi connectivity index (χ4n) is 2.29. The van der Waals surface area contributed by atoms with Crippen LogP contribution >= 0.6 is 0 Å². The van der Waals surface area contributed by atoms with Gasteiger partial charge in [-0.15, -0.1) is 0 Å². The number of nitrogens with zero attached hydrogens (tertiary/aromatic N) is 2. The molecule has 3 rings (SSSR count). The van der Waals surface area contributed by atoms with Crippen LogP contribution in [0, 0.1) is 6.92 Å². The SMILES string of the molecule is Cc1cccc(OCCn2c(N)nc3ccccc32)c1. The van der Waals surface area contributed by atoms with Gasteiger partial charge in [-0.2, -0.15) is 0 Å². The van der Waals surface area contributed by atoms with Crippen molar-refractivity contribution in [3.63, 3.8) is 0 Å². The van der Waals surface area contributed by atoms with Gasteiger partial charge in [-0.05, 0) is 36.8 Å². The Balaban J connectivity index is 1.73. The van der Waals surface area contributed by atoms with Crippen molar-refractivity contribution in [3.8, 4) is 5.75 Å². The Morgan fingerprint density at radius 2 is 2.00 bits per heavy atom. The third-order valence-corrected chi connectivity index (χ3v) is 3.26. The van der Waals surface area contributed by atoms with E-state index in [0.29, 0.717) is 19.1 Å². The lowest BCUT2D eigenvalue weighted by molar-refractivity contribution is 0.301. The van der Waals surface area contributed by atoms with E-state index in [1.165, 1.54) is 5.56 Å². The second kappa shape index (κ2) is 5.25. The maximum Gasteiger partial charge on any atom is 0.201 e. The fourth-order valence-corrected chi connectivity index (χ4v) is 2.29. The lowest BCUT2D eigenvalue weighted by atomic mass is 10.2. The van der Waals surface area contributed by atoms with Crippen molar-refractivity contribution >= 4 is 17.0 Å². The van der Waals surface area contributed by atoms with E-state index in [4.69, 9.17) is 10.5 Å². The van der Waals surface area contributed by atoms with E-state index in [9.17, 15) is 0 Å². The van der Waals surface area contributed by atoms with Crippen LogP contribution in [0.4, 0.5) is 5.95 Å². The maximum absolute atomic E-state index is 5.95. The molecule has 2 aromatic carbocycles. The van der Waals surface area contributed by atoms with Crippen molar-refractivity contribution in [1.82, 2.24) is 9.55 Å². The molecular weight excluding hydrogens is 250 g/mol. The fraction of sp³-hybridized carbons (Fsp3) is 0.188. The van der Waals surface area contributed by atoms with Gasteiger partial charge >= 0.3 is 0 Å². The van der Waals surface area contributed by atoms with Crippen molar-refractivity contribution in [1.29, 1.82) is 0 Å². The Hall–Kier alpha value is -2.49. The summed E-state index contributed by atoms with van der Waals surface area (Å²) in [7, 11) is 0. The van der Waals surface area contributed by atoms with Crippen LogP contribution in [0.1, 0.15) is 5.56 Å². The molecule has 4 heteroatoms. The van der Waals surface area contributed by atoms with Gasteiger partial charge < -0.3 is 15.0 Å². The zero-order valence-corrected chi connectivity index (χ0v) is 11.4. The summed E-state index contributed by atoms with van der Waals surface area (Å²) in [6.07, 6.45) is 0. The van der Waals surface area contributed by atoms with Gasteiger partial charge in [0.15, 0.2) is 0 Å². The molecular formula is C16H17N3O. The number of nitrogen functional groups attached to an aromatic ring is 1. The highest BCUT2D eigenvalue weighted by atomic mass is 16.5. The predicted octanol–water partition coefficient (Wildman–Crippen LogP) is 3.01. The molecule has 20 heavy (non-hydrogen) atoms. The summed E-state index contributed by atoms with van der Waals surface area (Å²) in [6, 6.07) is 16.0. The second-order valence-corrected chi connectivity index (χ2v) is 4.78. The minimum Gasteiger partial charge on any atom is -0.492 e. The smallest absolute Gasteiger partial charge is 0.201 e. The third-order valence-electron chi connectivity index (χ3n) is 3.26. The van der Waals surface area contributed by atoms with Gasteiger partial charge in [-0.3, -0.25) is 0 Å². The van der Waals surface area contributed by atoms with Gasteiger partial charge in [0.25, 0.3) is 0 Å². The topological polar surface area (TPSA) is 53.1 Å². The number of para-hydroxylation sites is 2. The van der Waals surface area contributed by atoms with Crippen molar-refractivity contribution in [2.75, 3.05) is 12.3 Å². The van der Waals surface area contributed by atoms with Gasteiger partial charge in [0.05, 0.1) is 17.6 Å². The van der Waals surface area contributed by atoms with E-state index in [2.05, 4.69) is 4.98 Å². The van der Waals surface area contributed by atoms with E-state index in [1.54, 1.807) is 0 Å². The standard InChI is InChI=1S/C16H17N3O/c1-12-5-4-6-13(11-12)20-10-9-19-15-8-3-2-7-14(15)18-16(19)17/h2-8,11H,9-10H2,1H3,(H2,17,18). The zero-order valence-electron chi connectivity index (χ0n) is 11.4. The predicted molar refractivity (Wildman–Crippen MR) is 80.8 cm³/mol. The van der Waals surface area contributed by atoms with Gasteiger partial charge in [-0.25, -0.2) is 4.98 Å². The molecule has 2 N–H and O–H groups in total. The summed E-state index contributed by atoms with van der Waals surface area (Å²) < 4.78 is 7.74. The molecule has 0 saturated carbocycles. The van der Waals surface area contributed by atoms with Crippen molar-refractivity contribution in [2.45, 2.75) is 13.5 Å². The number of imidazole rings is 1. The highest BCUT2D eigenvalue weighted by molar-refractivity contribution is 5.78. The molecule has 1 heterocycles. The van der Waals surface area contributed by atoms with Crippen molar-refractivity contribution in [2.24, 2.45) is 0 Å². The van der Waals surface area contributed by atoms with E-state index < -0.39 is 0 Å². The first-order valence-corrected chi connectivity index (χ1v) is 6.64. The van der Waals surface area contributed by atoms with Crippen molar-refractivity contribution in [3.05, 3.63) is 54.1 Å². The number of ether oxygens (including phenoxy) is 1. The highest BCUT2D eigenvalue weighted by Crippen LogP contribution is 2.18. The summed E-state index contributed by atoms with van der Waals surface area (Å²) >= 11 is 0. The van der Waals surface area contributed by atoms with Crippen LogP contribution in [0.25, 0.3) is 11.0 Å². The van der Waals surface area contributed by atoms with Crippen LogP contribution in [0.15, 0.2) is 48.5 Å². The van der Waals surface area contributed by atoms with Gasteiger partial charge in [0.2, 0.25) is 5.95 Å². The number of nitrogens with two attached hydrogens (primary N) is 1. The molecule has 0 fully saturated rings. The molecule has 0 amide bonds. The minimum atomic E-state index is 0.527. The molecule has 102 valence electrons. The zero-order chi connectivity index (χ0) is 13.9. The lowest BCUT2D eigenvalue weighted by Crippen LogP contribution is -2.10. The monoisotopic (exact) mass is 267 g/mol. The van der Waals surface area contributed by atoms with Crippen LogP contribution in [0.3, 0.4) is 0 Å². The van der Waals surface area contributed by atoms with E-state index in [1.807, 2.05) is 60.0 Å². The molecule has 3 aromatic rings. The first-order valence-electron chi connectivity index (χ1n) is 6.64. The largest absolute Gasteiger partial charge is 0.492 e. The Bertz CT molecular complexity index is 733. The molecule has 0 bridgehead atoms. The summed E-state index contributed by atoms with van der Waals surface area (Å²) in [6.45, 7) is 3.29. The number of hydrogen-bond acceptors (Lipinski definition) is 3. The number of hydrogen-bond donors (Lipinski definition) is 1. The molecule has 0 aliphatic heterocycles. The summed E-state index contributed by atoms with van der Waals surface area (Å²) in [5.41, 5.74) is 9.10. The number of rotatable bonds is 4. The molecule has 1 aromatic heterocycles. The van der Waals surface area contributed by atoms with Crippen LogP contribution in [0.5, 0.6) is 5.75 Å². The molecule has 0 aliphatic rings. The average Bonchev–Trinajstić information content (AvgIpc) is 2.75. The molecule has 0 atom stereocenters. The van der Waals surface area contributed by atoms with Crippen LogP contribution in [-0.4, -0.2) is 16.2 Å². The maximum atomic E-state index is 5.95. The van der Waals surface area contributed by atoms with Crippen LogP contribution in [0.2, 0.25) is 0 Å². The highest BCUT2D eigenvalue weighted by Gasteiger charge is 2.06. The third kappa shape index (κ3) is 2.45. The number of anilines is 1. The van der Waals surface area contributed by atoms with E-state index in [0.717, 1.165) is 16.8 Å². The Labute approximate surface area is 117 Å². The molecule has 0 aliphatic carbocycles. The average molecular weight is 267 g/mol. The Morgan fingerprint density at radius 1 is 1.15 bits per heavy atom.